The number of carbonyl (C=O) groups excluding carboxylic acids is 1. The molecule has 4 heteroatoms. The van der Waals surface area contributed by atoms with Crippen molar-refractivity contribution in [1.29, 1.82) is 0 Å². The highest BCUT2D eigenvalue weighted by Gasteiger charge is 2.42. The van der Waals surface area contributed by atoms with Crippen LogP contribution in [0.1, 0.15) is 18.4 Å². The Bertz CT molecular complexity index is 404. The summed E-state index contributed by atoms with van der Waals surface area (Å²) in [5, 5.41) is 4.56. The topological polar surface area (TPSA) is 29.1 Å². The molecule has 0 unspecified atom stereocenters. The predicted molar refractivity (Wildman–Crippen MR) is 69.1 cm³/mol. The molecule has 1 saturated carbocycles. The van der Waals surface area contributed by atoms with E-state index in [0.29, 0.717) is 11.4 Å². The molecule has 86 valence electrons. The third-order valence-corrected chi connectivity index (χ3v) is 4.08. The molecule has 0 aliphatic heterocycles. The summed E-state index contributed by atoms with van der Waals surface area (Å²) in [5.74, 6) is 0.0687. The fourth-order valence-corrected chi connectivity index (χ4v) is 2.53. The molecule has 1 fully saturated rings. The molecular weight excluding hydrogens is 289 g/mol. The van der Waals surface area contributed by atoms with Gasteiger partial charge in [-0.3, -0.25) is 4.79 Å². The number of rotatable bonds is 4. The molecule has 1 aromatic carbocycles. The fraction of sp³-hybridized carbons (Fsp3) is 0.417. The summed E-state index contributed by atoms with van der Waals surface area (Å²) in [7, 11) is 0. The van der Waals surface area contributed by atoms with E-state index >= 15 is 0 Å². The minimum absolute atomic E-state index is 0.0235. The lowest BCUT2D eigenvalue weighted by atomic mass is 10.1. The summed E-state index contributed by atoms with van der Waals surface area (Å²) in [6.07, 6.45) is 2.54. The van der Waals surface area contributed by atoms with Crippen molar-refractivity contribution in [2.24, 2.45) is 0 Å². The van der Waals surface area contributed by atoms with Gasteiger partial charge in [0.05, 0.1) is 6.42 Å². The lowest BCUT2D eigenvalue weighted by Crippen LogP contribution is -2.38. The highest BCUT2D eigenvalue weighted by Crippen LogP contribution is 2.36. The van der Waals surface area contributed by atoms with Gasteiger partial charge >= 0.3 is 0 Å². The summed E-state index contributed by atoms with van der Waals surface area (Å²) in [4.78, 5) is 11.8. The quantitative estimate of drug-likeness (QED) is 0.851. The average molecular weight is 303 g/mol. The van der Waals surface area contributed by atoms with Crippen LogP contribution >= 0.6 is 27.5 Å². The van der Waals surface area contributed by atoms with Gasteiger partial charge in [0.1, 0.15) is 0 Å². The maximum absolute atomic E-state index is 11.8. The molecule has 2 nitrogen and oxygen atoms in total. The zero-order valence-corrected chi connectivity index (χ0v) is 11.1. The molecule has 0 heterocycles. The van der Waals surface area contributed by atoms with Crippen molar-refractivity contribution in [3.63, 3.8) is 0 Å². The van der Waals surface area contributed by atoms with E-state index < -0.39 is 0 Å². The Balaban J connectivity index is 1.92. The second-order valence-corrected chi connectivity index (χ2v) is 5.27. The summed E-state index contributed by atoms with van der Waals surface area (Å²) >= 11 is 9.28. The number of amides is 1. The second kappa shape index (κ2) is 4.76. The molecule has 1 aliphatic rings. The van der Waals surface area contributed by atoms with Crippen LogP contribution in [0.2, 0.25) is 5.02 Å². The number of carbonyl (C=O) groups is 1. The van der Waals surface area contributed by atoms with Crippen LogP contribution in [-0.4, -0.2) is 16.8 Å². The number of alkyl halides is 1. The molecule has 0 spiro atoms. The Morgan fingerprint density at radius 2 is 2.25 bits per heavy atom. The van der Waals surface area contributed by atoms with Crippen LogP contribution < -0.4 is 5.32 Å². The maximum Gasteiger partial charge on any atom is 0.224 e. The Hall–Kier alpha value is -0.540. The van der Waals surface area contributed by atoms with Gasteiger partial charge in [0.2, 0.25) is 5.91 Å². The van der Waals surface area contributed by atoms with Crippen LogP contribution in [0.15, 0.2) is 24.3 Å². The zero-order valence-electron chi connectivity index (χ0n) is 8.80. The number of hydrogen-bond acceptors (Lipinski definition) is 1. The highest BCUT2D eigenvalue weighted by molar-refractivity contribution is 9.09. The third-order valence-electron chi connectivity index (χ3n) is 2.77. The first-order valence-corrected chi connectivity index (χ1v) is 6.75. The zero-order chi connectivity index (χ0) is 11.6. The van der Waals surface area contributed by atoms with E-state index in [-0.39, 0.29) is 11.4 Å². The Kier molecular flexibility index (Phi) is 3.55. The van der Waals surface area contributed by atoms with Crippen LogP contribution in [0, 0.1) is 0 Å². The van der Waals surface area contributed by atoms with Gasteiger partial charge in [-0.05, 0) is 30.5 Å². The molecule has 16 heavy (non-hydrogen) atoms. The summed E-state index contributed by atoms with van der Waals surface area (Å²) in [6, 6.07) is 7.42. The van der Waals surface area contributed by atoms with E-state index in [2.05, 4.69) is 21.2 Å². The Morgan fingerprint density at radius 1 is 1.50 bits per heavy atom. The fourth-order valence-electron chi connectivity index (χ4n) is 1.62. The van der Waals surface area contributed by atoms with Crippen molar-refractivity contribution in [1.82, 2.24) is 5.32 Å². The van der Waals surface area contributed by atoms with Gasteiger partial charge in [-0.25, -0.2) is 0 Å². The van der Waals surface area contributed by atoms with E-state index in [1.807, 2.05) is 24.3 Å². The minimum atomic E-state index is 0.0235. The maximum atomic E-state index is 11.8. The predicted octanol–water partition coefficient (Wildman–Crippen LogP) is 2.93. The van der Waals surface area contributed by atoms with E-state index in [9.17, 15) is 4.79 Å². The summed E-state index contributed by atoms with van der Waals surface area (Å²) < 4.78 is 0. The van der Waals surface area contributed by atoms with Crippen molar-refractivity contribution in [2.75, 3.05) is 5.33 Å². The molecule has 1 amide bonds. The Labute approximate surface area is 108 Å². The van der Waals surface area contributed by atoms with Crippen LogP contribution in [0.25, 0.3) is 0 Å². The average Bonchev–Trinajstić information content (AvgIpc) is 2.98. The van der Waals surface area contributed by atoms with Gasteiger partial charge in [0.15, 0.2) is 0 Å². The van der Waals surface area contributed by atoms with Crippen LogP contribution in [0.5, 0.6) is 0 Å². The van der Waals surface area contributed by atoms with Crippen LogP contribution in [0.4, 0.5) is 0 Å². The Morgan fingerprint density at radius 3 is 2.81 bits per heavy atom. The molecule has 0 saturated heterocycles. The van der Waals surface area contributed by atoms with Gasteiger partial charge in [0, 0.05) is 15.9 Å². The van der Waals surface area contributed by atoms with Crippen LogP contribution in [0.3, 0.4) is 0 Å². The molecule has 1 N–H and O–H groups in total. The molecule has 1 aliphatic carbocycles. The van der Waals surface area contributed by atoms with Crippen LogP contribution in [-0.2, 0) is 11.2 Å². The smallest absolute Gasteiger partial charge is 0.224 e. The van der Waals surface area contributed by atoms with E-state index in [1.54, 1.807) is 0 Å². The molecular formula is C12H13BrClNO. The van der Waals surface area contributed by atoms with E-state index in [0.717, 1.165) is 23.7 Å². The van der Waals surface area contributed by atoms with Gasteiger partial charge in [-0.1, -0.05) is 39.7 Å². The minimum Gasteiger partial charge on any atom is -0.350 e. The molecule has 0 aromatic heterocycles. The van der Waals surface area contributed by atoms with Gasteiger partial charge < -0.3 is 5.32 Å². The molecule has 1 aromatic rings. The molecule has 0 radical (unpaired) electrons. The first-order chi connectivity index (χ1) is 7.63. The largest absolute Gasteiger partial charge is 0.350 e. The SMILES string of the molecule is O=C(Cc1cccc(Cl)c1)NC1(CBr)CC1. The molecule has 2 rings (SSSR count). The number of hydrogen-bond donors (Lipinski definition) is 1. The number of halogens is 2. The van der Waals surface area contributed by atoms with Crippen molar-refractivity contribution in [2.45, 2.75) is 24.8 Å². The summed E-state index contributed by atoms with van der Waals surface area (Å²) in [6.45, 7) is 0. The number of nitrogens with one attached hydrogen (secondary N) is 1. The summed E-state index contributed by atoms with van der Waals surface area (Å²) in [5.41, 5.74) is 0.978. The monoisotopic (exact) mass is 301 g/mol. The second-order valence-electron chi connectivity index (χ2n) is 4.27. The molecule has 0 bridgehead atoms. The lowest BCUT2D eigenvalue weighted by Gasteiger charge is -2.14. The first-order valence-electron chi connectivity index (χ1n) is 5.25. The van der Waals surface area contributed by atoms with Crippen molar-refractivity contribution in [3.8, 4) is 0 Å². The van der Waals surface area contributed by atoms with Gasteiger partial charge in [-0.2, -0.15) is 0 Å². The van der Waals surface area contributed by atoms with E-state index in [1.165, 1.54) is 0 Å². The standard InChI is InChI=1S/C12H13BrClNO/c13-8-12(4-5-12)15-11(16)7-9-2-1-3-10(14)6-9/h1-3,6H,4-5,7-8H2,(H,15,16). The van der Waals surface area contributed by atoms with Gasteiger partial charge in [-0.15, -0.1) is 0 Å². The normalized spacial score (nSPS) is 16.9. The molecule has 0 atom stereocenters. The number of benzene rings is 1. The highest BCUT2D eigenvalue weighted by atomic mass is 79.9. The lowest BCUT2D eigenvalue weighted by molar-refractivity contribution is -0.121. The first kappa shape index (κ1) is 11.9. The van der Waals surface area contributed by atoms with Crippen molar-refractivity contribution >= 4 is 33.4 Å². The van der Waals surface area contributed by atoms with Gasteiger partial charge in [0.25, 0.3) is 0 Å². The van der Waals surface area contributed by atoms with Crippen molar-refractivity contribution < 1.29 is 4.79 Å². The third kappa shape index (κ3) is 2.98. The van der Waals surface area contributed by atoms with Crippen molar-refractivity contribution in [3.05, 3.63) is 34.9 Å². The van der Waals surface area contributed by atoms with E-state index in [4.69, 9.17) is 11.6 Å².